The summed E-state index contributed by atoms with van der Waals surface area (Å²) in [6, 6.07) is 6.01. The first kappa shape index (κ1) is 35.7. The molecular weight excluding hydrogens is 602 g/mol. The van der Waals surface area contributed by atoms with Gasteiger partial charge in [-0.2, -0.15) is 0 Å². The molecule has 2 aliphatic heterocycles. The average molecular weight is 654 g/mol. The number of amides is 3. The van der Waals surface area contributed by atoms with Gasteiger partial charge in [-0.05, 0) is 65.2 Å². The summed E-state index contributed by atoms with van der Waals surface area (Å²) in [6.07, 6.45) is 0.0162. The highest BCUT2D eigenvalue weighted by atomic mass is 35.5. The second-order valence-electron chi connectivity index (χ2n) is 15.3. The lowest BCUT2D eigenvalue weighted by molar-refractivity contribution is -0.840. The van der Waals surface area contributed by atoms with Crippen molar-refractivity contribution in [2.75, 3.05) is 47.4 Å². The van der Waals surface area contributed by atoms with Gasteiger partial charge in [0.25, 0.3) is 5.91 Å². The van der Waals surface area contributed by atoms with Gasteiger partial charge >= 0.3 is 5.91 Å². The number of ether oxygens (including phenoxy) is 1. The van der Waals surface area contributed by atoms with Gasteiger partial charge in [0.05, 0.1) is 31.0 Å². The number of benzene rings is 1. The minimum Gasteiger partial charge on any atom is -0.384 e. The number of hydrogen-bond donors (Lipinski definition) is 1. The van der Waals surface area contributed by atoms with Crippen LogP contribution in [0, 0.1) is 11.3 Å². The van der Waals surface area contributed by atoms with Crippen LogP contribution in [0.5, 0.6) is 0 Å². The smallest absolute Gasteiger partial charge is 0.319 e. The van der Waals surface area contributed by atoms with E-state index in [1.54, 1.807) is 25.8 Å². The van der Waals surface area contributed by atoms with E-state index in [1.807, 2.05) is 31.3 Å². The lowest BCUT2D eigenvalue weighted by Gasteiger charge is -2.43. The Balaban J connectivity index is 1.73. The number of nitrogens with zero attached hydrogens (tertiary/aromatic N) is 3. The molecule has 2 saturated heterocycles. The average Bonchev–Trinajstić information content (AvgIpc) is 3.56. The van der Waals surface area contributed by atoms with Gasteiger partial charge in [0, 0.05) is 69.0 Å². The SMILES string of the molecule is CNC(=O)[C@@H]1C[C@H](N(C(=O)C(C)(C)COC)C2CCC(F)(F)CC2)C[N+]1(C)C(=O)[C@@H]1CN(C(C)(C)C)C[C@H]1c1ccc(Cl)cc1. The van der Waals surface area contributed by atoms with Gasteiger partial charge in [0.1, 0.15) is 6.54 Å². The molecule has 1 aliphatic carbocycles. The Morgan fingerprint density at radius 1 is 1.07 bits per heavy atom. The molecule has 252 valence electrons. The monoisotopic (exact) mass is 653 g/mol. The summed E-state index contributed by atoms with van der Waals surface area (Å²) < 4.78 is 33.8. The van der Waals surface area contributed by atoms with E-state index in [-0.39, 0.29) is 78.9 Å². The number of likely N-dealkylation sites (tertiary alicyclic amines) is 2. The van der Waals surface area contributed by atoms with E-state index in [0.29, 0.717) is 18.1 Å². The first-order chi connectivity index (χ1) is 20.8. The van der Waals surface area contributed by atoms with E-state index in [2.05, 4.69) is 31.0 Å². The second kappa shape index (κ2) is 13.2. The molecular formula is C34H52ClF2N4O4+. The number of nitrogens with one attached hydrogen (secondary N) is 1. The highest BCUT2D eigenvalue weighted by molar-refractivity contribution is 6.30. The van der Waals surface area contributed by atoms with E-state index in [9.17, 15) is 23.2 Å². The van der Waals surface area contributed by atoms with Crippen molar-refractivity contribution < 1.29 is 32.4 Å². The molecule has 2 heterocycles. The minimum atomic E-state index is -2.76. The van der Waals surface area contributed by atoms with Crippen LogP contribution in [0.1, 0.15) is 78.2 Å². The normalized spacial score (nSPS) is 29.5. The van der Waals surface area contributed by atoms with Crippen molar-refractivity contribution in [1.29, 1.82) is 0 Å². The van der Waals surface area contributed by atoms with Crippen LogP contribution in [0.4, 0.5) is 8.78 Å². The Kier molecular flexibility index (Phi) is 10.4. The minimum absolute atomic E-state index is 0.0449. The highest BCUT2D eigenvalue weighted by Gasteiger charge is 2.60. The molecule has 11 heteroatoms. The van der Waals surface area contributed by atoms with Gasteiger partial charge in [-0.25, -0.2) is 13.6 Å². The van der Waals surface area contributed by atoms with Crippen molar-refractivity contribution in [3.63, 3.8) is 0 Å². The van der Waals surface area contributed by atoms with E-state index < -0.39 is 35.4 Å². The molecule has 0 spiro atoms. The zero-order valence-electron chi connectivity index (χ0n) is 28.2. The number of likely N-dealkylation sites (N-methyl/N-ethyl adjacent to an activating group) is 2. The topological polar surface area (TPSA) is 79.0 Å². The number of quaternary nitrogens is 1. The number of halogens is 3. The third-order valence-electron chi connectivity index (χ3n) is 10.5. The fourth-order valence-electron chi connectivity index (χ4n) is 7.84. The van der Waals surface area contributed by atoms with Gasteiger partial charge < -0.3 is 15.0 Å². The van der Waals surface area contributed by atoms with Crippen molar-refractivity contribution in [3.8, 4) is 0 Å². The predicted molar refractivity (Wildman–Crippen MR) is 171 cm³/mol. The Hall–Kier alpha value is -2.14. The molecule has 0 aromatic heterocycles. The Bertz CT molecular complexity index is 1240. The van der Waals surface area contributed by atoms with Gasteiger partial charge in [-0.1, -0.05) is 23.7 Å². The maximum Gasteiger partial charge on any atom is 0.319 e. The summed E-state index contributed by atoms with van der Waals surface area (Å²) in [5.74, 6) is -3.76. The summed E-state index contributed by atoms with van der Waals surface area (Å²) >= 11 is 6.21. The maximum absolute atomic E-state index is 14.9. The molecule has 1 aromatic rings. The molecule has 3 amide bonds. The van der Waals surface area contributed by atoms with Crippen molar-refractivity contribution >= 4 is 29.3 Å². The van der Waals surface area contributed by atoms with Crippen molar-refractivity contribution in [1.82, 2.24) is 15.1 Å². The highest BCUT2D eigenvalue weighted by Crippen LogP contribution is 2.43. The summed E-state index contributed by atoms with van der Waals surface area (Å²) in [5.41, 5.74) is -0.0684. The first-order valence-corrected chi connectivity index (χ1v) is 16.5. The van der Waals surface area contributed by atoms with Crippen molar-refractivity contribution in [2.45, 2.75) is 102 Å². The molecule has 0 radical (unpaired) electrons. The molecule has 45 heavy (non-hydrogen) atoms. The predicted octanol–water partition coefficient (Wildman–Crippen LogP) is 5.09. The summed E-state index contributed by atoms with van der Waals surface area (Å²) in [5, 5.41) is 3.39. The zero-order chi connectivity index (χ0) is 33.5. The third kappa shape index (κ3) is 7.39. The molecule has 0 bridgehead atoms. The van der Waals surface area contributed by atoms with Crippen molar-refractivity contribution in [3.05, 3.63) is 34.9 Å². The lowest BCUT2D eigenvalue weighted by Crippen LogP contribution is -2.61. The van der Waals surface area contributed by atoms with Crippen molar-refractivity contribution in [2.24, 2.45) is 11.3 Å². The lowest BCUT2D eigenvalue weighted by atomic mass is 9.86. The quantitative estimate of drug-likeness (QED) is 0.396. The third-order valence-corrected chi connectivity index (χ3v) is 10.8. The molecule has 1 unspecified atom stereocenters. The van der Waals surface area contributed by atoms with Gasteiger partial charge in [-0.15, -0.1) is 0 Å². The molecule has 1 N–H and O–H groups in total. The second-order valence-corrected chi connectivity index (χ2v) is 15.7. The van der Waals surface area contributed by atoms with Gasteiger partial charge in [-0.3, -0.25) is 19.0 Å². The number of carbonyl (C=O) groups is 3. The summed E-state index contributed by atoms with van der Waals surface area (Å²) in [4.78, 5) is 46.8. The molecule has 1 saturated carbocycles. The van der Waals surface area contributed by atoms with Crippen LogP contribution >= 0.6 is 11.6 Å². The number of carbonyl (C=O) groups excluding carboxylic acids is 3. The first-order valence-electron chi connectivity index (χ1n) is 16.2. The van der Waals surface area contributed by atoms with Crippen LogP contribution in [0.3, 0.4) is 0 Å². The summed E-state index contributed by atoms with van der Waals surface area (Å²) in [6.45, 7) is 11.6. The van der Waals surface area contributed by atoms with Crippen LogP contribution in [0.2, 0.25) is 5.02 Å². The van der Waals surface area contributed by atoms with Gasteiger partial charge in [0.15, 0.2) is 6.04 Å². The number of hydrogen-bond acceptors (Lipinski definition) is 5. The Labute approximate surface area is 272 Å². The van der Waals surface area contributed by atoms with Crippen LogP contribution in [0.25, 0.3) is 0 Å². The van der Waals surface area contributed by atoms with Crippen LogP contribution in [-0.4, -0.2) is 109 Å². The standard InChI is InChI=1S/C34H51ClF2N4O4/c1-32(2,3)39-18-26(22-9-11-23(35)12-10-22)27(19-39)30(43)41(7)20-25(17-28(41)29(42)38-6)40(31(44)33(4,5)21-45-8)24-13-15-34(36,37)16-14-24/h9-12,24-28H,13-21H2,1-8H3/p+1/t25-,26-,27+,28-,41?/m0/s1. The maximum atomic E-state index is 14.9. The zero-order valence-corrected chi connectivity index (χ0v) is 28.9. The van der Waals surface area contributed by atoms with E-state index in [4.69, 9.17) is 16.3 Å². The Morgan fingerprint density at radius 2 is 1.67 bits per heavy atom. The molecule has 1 aromatic carbocycles. The van der Waals surface area contributed by atoms with E-state index in [0.717, 1.165) is 5.56 Å². The number of alkyl halides is 2. The van der Waals surface area contributed by atoms with Crippen LogP contribution in [0.15, 0.2) is 24.3 Å². The molecule has 3 fully saturated rings. The van der Waals surface area contributed by atoms with Crippen LogP contribution in [-0.2, 0) is 19.1 Å². The van der Waals surface area contributed by atoms with Gasteiger partial charge in [0.2, 0.25) is 11.8 Å². The molecule has 5 atom stereocenters. The largest absolute Gasteiger partial charge is 0.384 e. The molecule has 8 nitrogen and oxygen atoms in total. The molecule has 4 rings (SSSR count). The fourth-order valence-corrected chi connectivity index (χ4v) is 7.97. The summed E-state index contributed by atoms with van der Waals surface area (Å²) in [7, 11) is 4.91. The van der Waals surface area contributed by atoms with Crippen LogP contribution < -0.4 is 5.32 Å². The number of rotatable bonds is 8. The van der Waals surface area contributed by atoms with E-state index in [1.165, 1.54) is 7.11 Å². The number of methoxy groups -OCH3 is 1. The Morgan fingerprint density at radius 3 is 2.20 bits per heavy atom. The fraction of sp³-hybridized carbons (Fsp3) is 0.735. The van der Waals surface area contributed by atoms with E-state index >= 15 is 0 Å². The molecule has 3 aliphatic rings.